The highest BCUT2D eigenvalue weighted by Gasteiger charge is 2.24. The van der Waals surface area contributed by atoms with E-state index in [4.69, 9.17) is 10.5 Å². The Kier molecular flexibility index (Phi) is 3.79. The predicted octanol–water partition coefficient (Wildman–Crippen LogP) is 0.694. The number of hydrogen-bond acceptors (Lipinski definition) is 3. The molecule has 0 aromatic rings. The van der Waals surface area contributed by atoms with E-state index in [1.165, 1.54) is 38.9 Å². The highest BCUT2D eigenvalue weighted by molar-refractivity contribution is 4.77. The Hall–Kier alpha value is -0.120. The van der Waals surface area contributed by atoms with Crippen molar-refractivity contribution in [2.75, 3.05) is 39.4 Å². The summed E-state index contributed by atoms with van der Waals surface area (Å²) >= 11 is 0. The topological polar surface area (TPSA) is 38.5 Å². The average molecular weight is 198 g/mol. The van der Waals surface area contributed by atoms with E-state index in [1.54, 1.807) is 0 Å². The second kappa shape index (κ2) is 5.10. The number of hydrogen-bond donors (Lipinski definition) is 1. The molecule has 0 bridgehead atoms. The molecule has 2 rings (SSSR count). The van der Waals surface area contributed by atoms with Crippen LogP contribution < -0.4 is 5.73 Å². The second-order valence-electron chi connectivity index (χ2n) is 4.72. The van der Waals surface area contributed by atoms with Gasteiger partial charge >= 0.3 is 0 Å². The molecule has 2 aliphatic heterocycles. The van der Waals surface area contributed by atoms with Crippen LogP contribution in [0.4, 0.5) is 0 Å². The maximum absolute atomic E-state index is 5.57. The number of ether oxygens (including phenoxy) is 1. The second-order valence-corrected chi connectivity index (χ2v) is 4.72. The van der Waals surface area contributed by atoms with Gasteiger partial charge in [0.1, 0.15) is 0 Å². The minimum atomic E-state index is 0.851. The molecule has 1 unspecified atom stereocenters. The van der Waals surface area contributed by atoms with Gasteiger partial charge < -0.3 is 15.4 Å². The molecular formula is C11H22N2O. The molecular weight excluding hydrogens is 176 g/mol. The van der Waals surface area contributed by atoms with E-state index in [1.807, 2.05) is 0 Å². The lowest BCUT2D eigenvalue weighted by atomic mass is 10.0. The summed E-state index contributed by atoms with van der Waals surface area (Å²) in [6.45, 7) is 6.70. The standard InChI is InChI=1S/C11H22N2O/c12-4-1-10-2-5-13(7-10)6-3-11-8-14-9-11/h10-11H,1-9,12H2. The molecule has 0 spiro atoms. The van der Waals surface area contributed by atoms with Gasteiger partial charge in [-0.2, -0.15) is 0 Å². The average Bonchev–Trinajstić information content (AvgIpc) is 2.51. The van der Waals surface area contributed by atoms with Gasteiger partial charge in [-0.15, -0.1) is 0 Å². The lowest BCUT2D eigenvalue weighted by Gasteiger charge is -2.27. The molecule has 0 saturated carbocycles. The van der Waals surface area contributed by atoms with Crippen molar-refractivity contribution in [1.82, 2.24) is 4.90 Å². The first-order valence-electron chi connectivity index (χ1n) is 5.88. The quantitative estimate of drug-likeness (QED) is 0.706. The largest absolute Gasteiger partial charge is 0.381 e. The van der Waals surface area contributed by atoms with Gasteiger partial charge in [0.15, 0.2) is 0 Å². The molecule has 0 aromatic carbocycles. The van der Waals surface area contributed by atoms with Crippen LogP contribution >= 0.6 is 0 Å². The summed E-state index contributed by atoms with van der Waals surface area (Å²) in [6, 6.07) is 0. The maximum atomic E-state index is 5.57. The molecule has 2 heterocycles. The first kappa shape index (κ1) is 10.4. The number of rotatable bonds is 5. The van der Waals surface area contributed by atoms with Gasteiger partial charge in [0.2, 0.25) is 0 Å². The first-order valence-corrected chi connectivity index (χ1v) is 5.88. The molecule has 1 atom stereocenters. The number of likely N-dealkylation sites (tertiary alicyclic amines) is 1. The van der Waals surface area contributed by atoms with Gasteiger partial charge in [0.05, 0.1) is 13.2 Å². The van der Waals surface area contributed by atoms with Crippen LogP contribution in [-0.4, -0.2) is 44.3 Å². The van der Waals surface area contributed by atoms with Crippen molar-refractivity contribution in [3.8, 4) is 0 Å². The molecule has 14 heavy (non-hydrogen) atoms. The van der Waals surface area contributed by atoms with E-state index in [2.05, 4.69) is 4.90 Å². The SMILES string of the molecule is NCCC1CCN(CCC2COC2)C1. The lowest BCUT2D eigenvalue weighted by molar-refractivity contribution is -0.0384. The Balaban J connectivity index is 1.58. The van der Waals surface area contributed by atoms with Crippen LogP contribution in [0.3, 0.4) is 0 Å². The van der Waals surface area contributed by atoms with Gasteiger partial charge in [-0.25, -0.2) is 0 Å². The van der Waals surface area contributed by atoms with Crippen LogP contribution in [0.25, 0.3) is 0 Å². The van der Waals surface area contributed by atoms with Crippen molar-refractivity contribution in [2.24, 2.45) is 17.6 Å². The molecule has 2 aliphatic rings. The molecule has 2 saturated heterocycles. The van der Waals surface area contributed by atoms with Crippen molar-refractivity contribution >= 4 is 0 Å². The van der Waals surface area contributed by atoms with E-state index in [0.717, 1.165) is 31.6 Å². The maximum Gasteiger partial charge on any atom is 0.0516 e. The van der Waals surface area contributed by atoms with E-state index < -0.39 is 0 Å². The summed E-state index contributed by atoms with van der Waals surface area (Å²) in [5.41, 5.74) is 5.57. The van der Waals surface area contributed by atoms with Crippen molar-refractivity contribution in [2.45, 2.75) is 19.3 Å². The molecule has 0 aliphatic carbocycles. The minimum absolute atomic E-state index is 0.851. The zero-order valence-corrected chi connectivity index (χ0v) is 8.95. The van der Waals surface area contributed by atoms with Gasteiger partial charge in [0.25, 0.3) is 0 Å². The van der Waals surface area contributed by atoms with E-state index >= 15 is 0 Å². The third-order valence-corrected chi connectivity index (χ3v) is 3.51. The summed E-state index contributed by atoms with van der Waals surface area (Å²) < 4.78 is 5.17. The van der Waals surface area contributed by atoms with E-state index in [9.17, 15) is 0 Å². The van der Waals surface area contributed by atoms with Crippen LogP contribution in [0.2, 0.25) is 0 Å². The Morgan fingerprint density at radius 1 is 1.21 bits per heavy atom. The summed E-state index contributed by atoms with van der Waals surface area (Å²) in [5.74, 6) is 1.72. The van der Waals surface area contributed by atoms with Crippen LogP contribution in [0, 0.1) is 11.8 Å². The molecule has 0 amide bonds. The smallest absolute Gasteiger partial charge is 0.0516 e. The highest BCUT2D eigenvalue weighted by Crippen LogP contribution is 2.21. The first-order chi connectivity index (χ1) is 6.88. The number of nitrogens with two attached hydrogens (primary N) is 1. The molecule has 3 nitrogen and oxygen atoms in total. The predicted molar refractivity (Wildman–Crippen MR) is 57.1 cm³/mol. The van der Waals surface area contributed by atoms with Crippen molar-refractivity contribution in [1.29, 1.82) is 0 Å². The Labute approximate surface area is 86.6 Å². The van der Waals surface area contributed by atoms with Gasteiger partial charge in [-0.05, 0) is 44.8 Å². The molecule has 2 N–H and O–H groups in total. The van der Waals surface area contributed by atoms with E-state index in [0.29, 0.717) is 0 Å². The summed E-state index contributed by atoms with van der Waals surface area (Å²) in [4.78, 5) is 2.60. The van der Waals surface area contributed by atoms with Gasteiger partial charge in [-0.3, -0.25) is 0 Å². The molecule has 82 valence electrons. The fourth-order valence-electron chi connectivity index (χ4n) is 2.40. The highest BCUT2D eigenvalue weighted by atomic mass is 16.5. The van der Waals surface area contributed by atoms with Gasteiger partial charge in [-0.1, -0.05) is 0 Å². The van der Waals surface area contributed by atoms with Crippen LogP contribution in [-0.2, 0) is 4.74 Å². The van der Waals surface area contributed by atoms with E-state index in [-0.39, 0.29) is 0 Å². The normalized spacial score (nSPS) is 29.4. The Morgan fingerprint density at radius 2 is 2.07 bits per heavy atom. The summed E-state index contributed by atoms with van der Waals surface area (Å²) in [7, 11) is 0. The molecule has 3 heteroatoms. The lowest BCUT2D eigenvalue weighted by Crippen LogP contribution is -2.32. The number of nitrogens with zero attached hydrogens (tertiary/aromatic N) is 1. The minimum Gasteiger partial charge on any atom is -0.381 e. The fourth-order valence-corrected chi connectivity index (χ4v) is 2.40. The van der Waals surface area contributed by atoms with Crippen molar-refractivity contribution in [3.05, 3.63) is 0 Å². The van der Waals surface area contributed by atoms with Crippen LogP contribution in [0.15, 0.2) is 0 Å². The Bertz CT molecular complexity index is 171. The Morgan fingerprint density at radius 3 is 2.71 bits per heavy atom. The van der Waals surface area contributed by atoms with Crippen LogP contribution in [0.1, 0.15) is 19.3 Å². The molecule has 2 fully saturated rings. The summed E-state index contributed by atoms with van der Waals surface area (Å²) in [5, 5.41) is 0. The van der Waals surface area contributed by atoms with Crippen molar-refractivity contribution in [3.63, 3.8) is 0 Å². The van der Waals surface area contributed by atoms with Crippen molar-refractivity contribution < 1.29 is 4.74 Å². The van der Waals surface area contributed by atoms with Crippen LogP contribution in [0.5, 0.6) is 0 Å². The fraction of sp³-hybridized carbons (Fsp3) is 1.00. The molecule has 0 radical (unpaired) electrons. The van der Waals surface area contributed by atoms with Gasteiger partial charge in [0, 0.05) is 12.5 Å². The zero-order valence-electron chi connectivity index (χ0n) is 8.95. The third kappa shape index (κ3) is 2.69. The zero-order chi connectivity index (χ0) is 9.80. The summed E-state index contributed by atoms with van der Waals surface area (Å²) in [6.07, 6.45) is 3.90. The third-order valence-electron chi connectivity index (χ3n) is 3.51. The molecule has 0 aromatic heterocycles. The monoisotopic (exact) mass is 198 g/mol.